The van der Waals surface area contributed by atoms with Gasteiger partial charge in [0.15, 0.2) is 5.82 Å². The van der Waals surface area contributed by atoms with Gasteiger partial charge in [-0.2, -0.15) is 0 Å². The third kappa shape index (κ3) is 3.83. The molecule has 0 atom stereocenters. The van der Waals surface area contributed by atoms with Crippen LogP contribution < -0.4 is 5.32 Å². The van der Waals surface area contributed by atoms with E-state index in [1.807, 2.05) is 13.8 Å². The maximum absolute atomic E-state index is 13.7. The molecule has 0 aliphatic carbocycles. The second-order valence-electron chi connectivity index (χ2n) is 4.62. The summed E-state index contributed by atoms with van der Waals surface area (Å²) >= 11 is 11.6. The minimum absolute atomic E-state index is 0.0387. The summed E-state index contributed by atoms with van der Waals surface area (Å²) in [4.78, 5) is 12.0. The zero-order valence-corrected chi connectivity index (χ0v) is 12.6. The number of hydrogen-bond acceptors (Lipinski definition) is 1. The van der Waals surface area contributed by atoms with Gasteiger partial charge < -0.3 is 5.32 Å². The summed E-state index contributed by atoms with van der Waals surface area (Å²) in [6.07, 6.45) is 1.70. The van der Waals surface area contributed by atoms with Crippen LogP contribution >= 0.6 is 23.2 Å². The van der Waals surface area contributed by atoms with Crippen LogP contribution in [0.2, 0.25) is 5.02 Å². The maximum atomic E-state index is 13.7. The molecule has 5 heteroatoms. The molecule has 0 fully saturated rings. The molecule has 19 heavy (non-hydrogen) atoms. The fourth-order valence-corrected chi connectivity index (χ4v) is 2.43. The third-order valence-corrected chi connectivity index (χ3v) is 4.46. The van der Waals surface area contributed by atoms with Crippen molar-refractivity contribution in [3.05, 3.63) is 34.6 Å². The Hall–Kier alpha value is -0.800. The van der Waals surface area contributed by atoms with E-state index in [1.54, 1.807) is 6.07 Å². The highest BCUT2D eigenvalue weighted by molar-refractivity contribution is 6.31. The van der Waals surface area contributed by atoms with E-state index in [0.29, 0.717) is 12.4 Å². The molecule has 106 valence electrons. The third-order valence-electron chi connectivity index (χ3n) is 3.60. The van der Waals surface area contributed by atoms with Gasteiger partial charge >= 0.3 is 0 Å². The van der Waals surface area contributed by atoms with Gasteiger partial charge in [0.25, 0.3) is 5.91 Å². The van der Waals surface area contributed by atoms with Crippen molar-refractivity contribution in [1.82, 2.24) is 5.32 Å². The molecule has 0 saturated heterocycles. The lowest BCUT2D eigenvalue weighted by Crippen LogP contribution is -2.38. The number of nitrogens with one attached hydrogen (secondary N) is 1. The first-order valence-corrected chi connectivity index (χ1v) is 7.19. The number of hydrogen-bond donors (Lipinski definition) is 1. The van der Waals surface area contributed by atoms with Crippen molar-refractivity contribution in [2.75, 3.05) is 12.4 Å². The first kappa shape index (κ1) is 16.3. The van der Waals surface area contributed by atoms with Crippen LogP contribution in [0.15, 0.2) is 18.2 Å². The van der Waals surface area contributed by atoms with E-state index in [1.165, 1.54) is 12.1 Å². The minimum atomic E-state index is -0.689. The van der Waals surface area contributed by atoms with Crippen molar-refractivity contribution in [2.45, 2.75) is 26.7 Å². The molecule has 0 aliphatic heterocycles. The number of amides is 1. The number of halogens is 3. The molecule has 0 bridgehead atoms. The highest BCUT2D eigenvalue weighted by Crippen LogP contribution is 2.27. The Morgan fingerprint density at radius 1 is 1.37 bits per heavy atom. The number of carbonyl (C=O) groups excluding carboxylic acids is 1. The smallest absolute Gasteiger partial charge is 0.254 e. The molecule has 0 spiro atoms. The molecule has 1 N–H and O–H groups in total. The van der Waals surface area contributed by atoms with Gasteiger partial charge in [-0.1, -0.05) is 31.5 Å². The highest BCUT2D eigenvalue weighted by atomic mass is 35.5. The molecular formula is C14H18Cl2FNO. The number of alkyl halides is 1. The topological polar surface area (TPSA) is 29.1 Å². The lowest BCUT2D eigenvalue weighted by Gasteiger charge is -2.29. The number of benzene rings is 1. The Bertz CT molecular complexity index is 439. The van der Waals surface area contributed by atoms with E-state index in [4.69, 9.17) is 23.2 Å². The van der Waals surface area contributed by atoms with Gasteiger partial charge in [0.1, 0.15) is 0 Å². The molecule has 0 aromatic heterocycles. The van der Waals surface area contributed by atoms with Crippen molar-refractivity contribution >= 4 is 29.1 Å². The Morgan fingerprint density at radius 2 is 2.00 bits per heavy atom. The van der Waals surface area contributed by atoms with Gasteiger partial charge in [-0.05, 0) is 25.0 Å². The van der Waals surface area contributed by atoms with Crippen LogP contribution in [0.5, 0.6) is 0 Å². The molecule has 0 heterocycles. The summed E-state index contributed by atoms with van der Waals surface area (Å²) in [5.74, 6) is -0.694. The molecule has 1 rings (SSSR count). The summed E-state index contributed by atoms with van der Waals surface area (Å²) < 4.78 is 13.7. The van der Waals surface area contributed by atoms with Crippen LogP contribution in [0, 0.1) is 11.2 Å². The number of carbonyl (C=O) groups is 1. The van der Waals surface area contributed by atoms with Crippen molar-refractivity contribution in [1.29, 1.82) is 0 Å². The predicted molar refractivity (Wildman–Crippen MR) is 77.5 cm³/mol. The standard InChI is InChI=1S/C14H18Cl2FNO/c1-3-14(4-2,8-15)9-18-13(19)10-6-5-7-11(16)12(10)17/h5-7H,3-4,8-9H2,1-2H3,(H,18,19). The summed E-state index contributed by atoms with van der Waals surface area (Å²) in [6.45, 7) is 4.48. The largest absolute Gasteiger partial charge is 0.351 e. The van der Waals surface area contributed by atoms with Crippen LogP contribution in [0.1, 0.15) is 37.0 Å². The van der Waals surface area contributed by atoms with Crippen molar-refractivity contribution < 1.29 is 9.18 Å². The molecule has 1 amide bonds. The van der Waals surface area contributed by atoms with Gasteiger partial charge in [0.05, 0.1) is 10.6 Å². The highest BCUT2D eigenvalue weighted by Gasteiger charge is 2.26. The van der Waals surface area contributed by atoms with E-state index < -0.39 is 11.7 Å². The van der Waals surface area contributed by atoms with Crippen LogP contribution in [-0.2, 0) is 0 Å². The van der Waals surface area contributed by atoms with E-state index in [2.05, 4.69) is 5.32 Å². The second-order valence-corrected chi connectivity index (χ2v) is 5.30. The Morgan fingerprint density at radius 3 is 2.53 bits per heavy atom. The quantitative estimate of drug-likeness (QED) is 0.782. The van der Waals surface area contributed by atoms with Gasteiger partial charge in [-0.25, -0.2) is 4.39 Å². The maximum Gasteiger partial charge on any atom is 0.254 e. The predicted octanol–water partition coefficient (Wildman–Crippen LogP) is 4.25. The molecule has 0 saturated carbocycles. The molecule has 0 aliphatic rings. The minimum Gasteiger partial charge on any atom is -0.351 e. The number of rotatable bonds is 6. The van der Waals surface area contributed by atoms with Gasteiger partial charge in [-0.3, -0.25) is 4.79 Å². The lowest BCUT2D eigenvalue weighted by molar-refractivity contribution is 0.0927. The van der Waals surface area contributed by atoms with E-state index in [9.17, 15) is 9.18 Å². The summed E-state index contributed by atoms with van der Waals surface area (Å²) in [5.41, 5.74) is -0.185. The molecular weight excluding hydrogens is 288 g/mol. The molecule has 2 nitrogen and oxygen atoms in total. The van der Waals surface area contributed by atoms with Crippen molar-refractivity contribution in [3.63, 3.8) is 0 Å². The Labute approximate surface area is 123 Å². The molecule has 1 aromatic rings. The van der Waals surface area contributed by atoms with Crippen LogP contribution in [0.4, 0.5) is 4.39 Å². The van der Waals surface area contributed by atoms with Gasteiger partial charge in [0, 0.05) is 17.8 Å². The van der Waals surface area contributed by atoms with Gasteiger partial charge in [0.2, 0.25) is 0 Å². The zero-order valence-electron chi connectivity index (χ0n) is 11.1. The zero-order chi connectivity index (χ0) is 14.5. The first-order valence-electron chi connectivity index (χ1n) is 6.28. The van der Waals surface area contributed by atoms with Crippen molar-refractivity contribution in [3.8, 4) is 0 Å². The summed E-state index contributed by atoms with van der Waals surface area (Å²) in [5, 5.41) is 2.69. The second kappa shape index (κ2) is 7.11. The van der Waals surface area contributed by atoms with Gasteiger partial charge in [-0.15, -0.1) is 11.6 Å². The van der Waals surface area contributed by atoms with Crippen LogP contribution in [0.3, 0.4) is 0 Å². The summed E-state index contributed by atoms with van der Waals surface area (Å²) in [7, 11) is 0. The lowest BCUT2D eigenvalue weighted by atomic mass is 9.84. The fraction of sp³-hybridized carbons (Fsp3) is 0.500. The van der Waals surface area contributed by atoms with E-state index in [-0.39, 0.29) is 16.0 Å². The Balaban J connectivity index is 2.78. The van der Waals surface area contributed by atoms with Crippen LogP contribution in [-0.4, -0.2) is 18.3 Å². The monoisotopic (exact) mass is 305 g/mol. The van der Waals surface area contributed by atoms with Crippen molar-refractivity contribution in [2.24, 2.45) is 5.41 Å². The average molecular weight is 306 g/mol. The molecule has 0 radical (unpaired) electrons. The molecule has 0 unspecified atom stereocenters. The normalized spacial score (nSPS) is 11.4. The van der Waals surface area contributed by atoms with Crippen LogP contribution in [0.25, 0.3) is 0 Å². The Kier molecular flexibility index (Phi) is 6.08. The van der Waals surface area contributed by atoms with E-state index in [0.717, 1.165) is 12.8 Å². The fourth-order valence-electron chi connectivity index (χ4n) is 1.78. The average Bonchev–Trinajstić information content (AvgIpc) is 2.44. The molecule has 1 aromatic carbocycles. The first-order chi connectivity index (χ1) is 8.99. The summed E-state index contributed by atoms with van der Waals surface area (Å²) in [6, 6.07) is 4.38. The SMILES string of the molecule is CCC(CC)(CCl)CNC(=O)c1cccc(Cl)c1F. The van der Waals surface area contributed by atoms with E-state index >= 15 is 0 Å².